The smallest absolute Gasteiger partial charge is 0.407 e. The zero-order valence-electron chi connectivity index (χ0n) is 22.4. The number of rotatable bonds is 9. The SMILES string of the molecule is Cc1ccc(OCC(=O)Nc2ccccc2CNC(=O)CCNC(=O)OC(C)(C)C)c(C(C)(C)C)c1. The number of nitrogens with one attached hydrogen (secondary N) is 3. The van der Waals surface area contributed by atoms with Crippen LogP contribution in [0.15, 0.2) is 42.5 Å². The van der Waals surface area contributed by atoms with Crippen molar-refractivity contribution >= 4 is 23.6 Å². The zero-order valence-corrected chi connectivity index (χ0v) is 22.4. The highest BCUT2D eigenvalue weighted by atomic mass is 16.6. The van der Waals surface area contributed by atoms with Crippen LogP contribution in [0.4, 0.5) is 10.5 Å². The van der Waals surface area contributed by atoms with Gasteiger partial charge < -0.3 is 25.4 Å². The van der Waals surface area contributed by atoms with Crippen molar-refractivity contribution in [2.75, 3.05) is 18.5 Å². The van der Waals surface area contributed by atoms with Gasteiger partial charge in [-0.1, -0.05) is 56.7 Å². The Balaban J connectivity index is 1.87. The minimum Gasteiger partial charge on any atom is -0.483 e. The van der Waals surface area contributed by atoms with Crippen molar-refractivity contribution in [1.29, 1.82) is 0 Å². The van der Waals surface area contributed by atoms with Gasteiger partial charge in [0.1, 0.15) is 11.4 Å². The first-order valence-corrected chi connectivity index (χ1v) is 12.1. The van der Waals surface area contributed by atoms with Gasteiger partial charge >= 0.3 is 6.09 Å². The molecule has 0 saturated heterocycles. The number of anilines is 1. The molecule has 2 rings (SSSR count). The van der Waals surface area contributed by atoms with E-state index in [0.29, 0.717) is 11.4 Å². The molecule has 0 aliphatic rings. The summed E-state index contributed by atoms with van der Waals surface area (Å²) >= 11 is 0. The number of aryl methyl sites for hydroxylation is 1. The number of benzene rings is 2. The van der Waals surface area contributed by atoms with Crippen LogP contribution in [-0.2, 0) is 26.3 Å². The van der Waals surface area contributed by atoms with Crippen LogP contribution in [0.2, 0.25) is 0 Å². The van der Waals surface area contributed by atoms with E-state index in [2.05, 4.69) is 42.8 Å². The Labute approximate surface area is 214 Å². The number of para-hydroxylation sites is 1. The monoisotopic (exact) mass is 497 g/mol. The van der Waals surface area contributed by atoms with Gasteiger partial charge in [0, 0.05) is 25.2 Å². The van der Waals surface area contributed by atoms with Gasteiger partial charge in [0.25, 0.3) is 5.91 Å². The largest absolute Gasteiger partial charge is 0.483 e. The van der Waals surface area contributed by atoms with Crippen LogP contribution in [0, 0.1) is 6.92 Å². The van der Waals surface area contributed by atoms with E-state index in [-0.39, 0.29) is 43.3 Å². The summed E-state index contributed by atoms with van der Waals surface area (Å²) in [7, 11) is 0. The average molecular weight is 498 g/mol. The molecule has 0 aliphatic heterocycles. The highest BCUT2D eigenvalue weighted by Crippen LogP contribution is 2.32. The quantitative estimate of drug-likeness (QED) is 0.460. The second-order valence-electron chi connectivity index (χ2n) is 10.7. The molecule has 0 bridgehead atoms. The van der Waals surface area contributed by atoms with Crippen molar-refractivity contribution in [2.24, 2.45) is 0 Å². The molecule has 0 spiro atoms. The third kappa shape index (κ3) is 9.98. The van der Waals surface area contributed by atoms with E-state index in [4.69, 9.17) is 9.47 Å². The number of alkyl carbamates (subject to hydrolysis) is 1. The molecular formula is C28H39N3O5. The van der Waals surface area contributed by atoms with E-state index in [1.165, 1.54) is 0 Å². The first-order chi connectivity index (χ1) is 16.7. The number of amides is 3. The Hall–Kier alpha value is -3.55. The molecule has 0 fully saturated rings. The molecule has 2 aromatic rings. The van der Waals surface area contributed by atoms with Crippen LogP contribution in [0.3, 0.4) is 0 Å². The van der Waals surface area contributed by atoms with Crippen LogP contribution in [0.25, 0.3) is 0 Å². The van der Waals surface area contributed by atoms with Gasteiger partial charge in [-0.15, -0.1) is 0 Å². The highest BCUT2D eigenvalue weighted by Gasteiger charge is 2.20. The van der Waals surface area contributed by atoms with Gasteiger partial charge in [-0.2, -0.15) is 0 Å². The average Bonchev–Trinajstić information content (AvgIpc) is 2.75. The van der Waals surface area contributed by atoms with Crippen molar-refractivity contribution in [3.05, 3.63) is 59.2 Å². The topological polar surface area (TPSA) is 106 Å². The molecule has 8 heteroatoms. The lowest BCUT2D eigenvalue weighted by molar-refractivity contribution is -0.121. The predicted molar refractivity (Wildman–Crippen MR) is 141 cm³/mol. The van der Waals surface area contributed by atoms with Crippen molar-refractivity contribution in [3.8, 4) is 5.75 Å². The molecule has 0 atom stereocenters. The first kappa shape index (κ1) is 28.7. The van der Waals surface area contributed by atoms with Crippen LogP contribution in [-0.4, -0.2) is 36.7 Å². The van der Waals surface area contributed by atoms with Gasteiger partial charge in [0.2, 0.25) is 5.91 Å². The molecular weight excluding hydrogens is 458 g/mol. The molecule has 36 heavy (non-hydrogen) atoms. The Morgan fingerprint density at radius 2 is 1.58 bits per heavy atom. The maximum absolute atomic E-state index is 12.6. The summed E-state index contributed by atoms with van der Waals surface area (Å²) in [5.74, 6) is 0.157. The van der Waals surface area contributed by atoms with E-state index >= 15 is 0 Å². The number of carbonyl (C=O) groups is 3. The molecule has 2 aromatic carbocycles. The number of hydrogen-bond acceptors (Lipinski definition) is 5. The minimum absolute atomic E-state index is 0.105. The molecule has 0 radical (unpaired) electrons. The molecule has 196 valence electrons. The molecule has 0 heterocycles. The zero-order chi connectivity index (χ0) is 26.9. The van der Waals surface area contributed by atoms with E-state index in [1.807, 2.05) is 37.3 Å². The second kappa shape index (κ2) is 12.4. The molecule has 0 saturated carbocycles. The minimum atomic E-state index is -0.597. The second-order valence-corrected chi connectivity index (χ2v) is 10.7. The van der Waals surface area contributed by atoms with Crippen LogP contribution in [0.1, 0.15) is 64.7 Å². The normalized spacial score (nSPS) is 11.4. The van der Waals surface area contributed by atoms with Crippen molar-refractivity contribution in [1.82, 2.24) is 10.6 Å². The van der Waals surface area contributed by atoms with E-state index in [0.717, 1.165) is 16.7 Å². The summed E-state index contributed by atoms with van der Waals surface area (Å²) < 4.78 is 11.0. The fourth-order valence-corrected chi connectivity index (χ4v) is 3.36. The molecule has 3 amide bonds. The van der Waals surface area contributed by atoms with Crippen LogP contribution in [0.5, 0.6) is 5.75 Å². The van der Waals surface area contributed by atoms with Gasteiger partial charge in [-0.05, 0) is 56.4 Å². The lowest BCUT2D eigenvalue weighted by Gasteiger charge is -2.23. The molecule has 0 unspecified atom stereocenters. The Morgan fingerprint density at radius 3 is 2.25 bits per heavy atom. The molecule has 3 N–H and O–H groups in total. The number of ether oxygens (including phenoxy) is 2. The summed E-state index contributed by atoms with van der Waals surface area (Å²) in [6, 6.07) is 13.2. The molecule has 8 nitrogen and oxygen atoms in total. The van der Waals surface area contributed by atoms with E-state index in [9.17, 15) is 14.4 Å². The number of carbonyl (C=O) groups excluding carboxylic acids is 3. The third-order valence-corrected chi connectivity index (χ3v) is 5.09. The van der Waals surface area contributed by atoms with Gasteiger partial charge in [-0.25, -0.2) is 4.79 Å². The lowest BCUT2D eigenvalue weighted by atomic mass is 9.85. The van der Waals surface area contributed by atoms with Crippen molar-refractivity contribution < 1.29 is 23.9 Å². The summed E-state index contributed by atoms with van der Waals surface area (Å²) in [5.41, 5.74) is 2.81. The van der Waals surface area contributed by atoms with Gasteiger partial charge in [0.05, 0.1) is 0 Å². The maximum Gasteiger partial charge on any atom is 0.407 e. The van der Waals surface area contributed by atoms with E-state index < -0.39 is 11.7 Å². The van der Waals surface area contributed by atoms with Gasteiger partial charge in [-0.3, -0.25) is 9.59 Å². The summed E-state index contributed by atoms with van der Waals surface area (Å²) in [6.07, 6.45) is -0.459. The third-order valence-electron chi connectivity index (χ3n) is 5.09. The van der Waals surface area contributed by atoms with Crippen molar-refractivity contribution in [3.63, 3.8) is 0 Å². The lowest BCUT2D eigenvalue weighted by Crippen LogP contribution is -2.35. The van der Waals surface area contributed by atoms with Gasteiger partial charge in [0.15, 0.2) is 6.61 Å². The maximum atomic E-state index is 12.6. The Morgan fingerprint density at radius 1 is 0.889 bits per heavy atom. The van der Waals surface area contributed by atoms with E-state index in [1.54, 1.807) is 26.8 Å². The Kier molecular flexibility index (Phi) is 9.90. The standard InChI is InChI=1S/C28H39N3O5/c1-19-12-13-23(21(16-19)27(2,3)4)35-18-25(33)31-22-11-9-8-10-20(22)17-30-24(32)14-15-29-26(34)36-28(5,6)7/h8-13,16H,14-15,17-18H2,1-7H3,(H,29,34)(H,30,32)(H,31,33). The van der Waals surface area contributed by atoms with Crippen LogP contribution >= 0.6 is 0 Å². The molecule has 0 aromatic heterocycles. The number of hydrogen-bond donors (Lipinski definition) is 3. The summed E-state index contributed by atoms with van der Waals surface area (Å²) in [5, 5.41) is 8.23. The summed E-state index contributed by atoms with van der Waals surface area (Å²) in [6.45, 7) is 13.9. The van der Waals surface area contributed by atoms with Crippen molar-refractivity contribution in [2.45, 2.75) is 72.4 Å². The summed E-state index contributed by atoms with van der Waals surface area (Å²) in [4.78, 5) is 36.5. The first-order valence-electron chi connectivity index (χ1n) is 12.1. The predicted octanol–water partition coefficient (Wildman–Crippen LogP) is 4.84. The highest BCUT2D eigenvalue weighted by molar-refractivity contribution is 5.92. The molecule has 0 aliphatic carbocycles. The fraction of sp³-hybridized carbons (Fsp3) is 0.464. The van der Waals surface area contributed by atoms with Crippen LogP contribution < -0.4 is 20.7 Å². The fourth-order valence-electron chi connectivity index (χ4n) is 3.36. The Bertz CT molecular complexity index is 1070.